The van der Waals surface area contributed by atoms with Crippen LogP contribution in [0.2, 0.25) is 0 Å². The molecule has 0 aromatic carbocycles. The van der Waals surface area contributed by atoms with Gasteiger partial charge in [0.2, 0.25) is 0 Å². The summed E-state index contributed by atoms with van der Waals surface area (Å²) in [4.78, 5) is 0. The SMILES string of the molecule is CCC1CCCC(C2CCC(C)C2)C1.CCCCC1C(C)CC2CCCC2C1C1CCCCC1CC. The van der Waals surface area contributed by atoms with Crippen molar-refractivity contribution in [1.82, 2.24) is 0 Å². The zero-order valence-corrected chi connectivity index (χ0v) is 25.5. The molecule has 5 aliphatic carbocycles. The topological polar surface area (TPSA) is 0 Å². The van der Waals surface area contributed by atoms with Gasteiger partial charge in [-0.1, -0.05) is 118 Å². The highest BCUT2D eigenvalue weighted by Gasteiger charge is 2.48. The first kappa shape index (κ1) is 29.0. The Morgan fingerprint density at radius 2 is 1.31 bits per heavy atom. The fraction of sp³-hybridized carbons (Fsp3) is 1.00. The molecular formula is C36H66. The Morgan fingerprint density at radius 1 is 0.583 bits per heavy atom. The molecule has 0 spiro atoms. The van der Waals surface area contributed by atoms with Crippen LogP contribution < -0.4 is 0 Å². The summed E-state index contributed by atoms with van der Waals surface area (Å²) >= 11 is 0. The van der Waals surface area contributed by atoms with Crippen molar-refractivity contribution >= 4 is 0 Å². The molecule has 0 amide bonds. The number of fused-ring (bicyclic) bond motifs is 1. The van der Waals surface area contributed by atoms with Crippen LogP contribution in [0, 0.1) is 65.1 Å². The summed E-state index contributed by atoms with van der Waals surface area (Å²) in [5, 5.41) is 0. The Bertz CT molecular complexity index is 607. The quantitative estimate of drug-likeness (QED) is 0.327. The molecule has 11 atom stereocenters. The third kappa shape index (κ3) is 7.14. The smallest absolute Gasteiger partial charge is 0.0321 e. The minimum Gasteiger partial charge on any atom is -0.0654 e. The molecule has 11 unspecified atom stereocenters. The van der Waals surface area contributed by atoms with Crippen molar-refractivity contribution in [3.05, 3.63) is 0 Å². The zero-order valence-electron chi connectivity index (χ0n) is 25.5. The summed E-state index contributed by atoms with van der Waals surface area (Å²) in [6.07, 6.45) is 30.5. The second-order valence-corrected chi connectivity index (χ2v) is 14.9. The predicted molar refractivity (Wildman–Crippen MR) is 159 cm³/mol. The van der Waals surface area contributed by atoms with Gasteiger partial charge in [-0.05, 0) is 110 Å². The number of hydrogen-bond donors (Lipinski definition) is 0. The normalized spacial score (nSPS) is 45.1. The molecule has 0 N–H and O–H groups in total. The van der Waals surface area contributed by atoms with Gasteiger partial charge in [0, 0.05) is 0 Å². The van der Waals surface area contributed by atoms with Gasteiger partial charge >= 0.3 is 0 Å². The molecule has 0 bridgehead atoms. The Balaban J connectivity index is 0.000000187. The van der Waals surface area contributed by atoms with E-state index in [0.29, 0.717) is 0 Å². The lowest BCUT2D eigenvalue weighted by atomic mass is 9.54. The summed E-state index contributed by atoms with van der Waals surface area (Å²) in [7, 11) is 0. The van der Waals surface area contributed by atoms with E-state index >= 15 is 0 Å². The zero-order chi connectivity index (χ0) is 25.5. The average Bonchev–Trinajstić information content (AvgIpc) is 3.56. The second-order valence-electron chi connectivity index (χ2n) is 14.9. The van der Waals surface area contributed by atoms with Crippen molar-refractivity contribution in [2.45, 2.75) is 163 Å². The lowest BCUT2D eigenvalue weighted by Crippen LogP contribution is -2.44. The fourth-order valence-corrected chi connectivity index (χ4v) is 10.8. The van der Waals surface area contributed by atoms with Gasteiger partial charge in [0.1, 0.15) is 0 Å². The Morgan fingerprint density at radius 3 is 2.03 bits per heavy atom. The van der Waals surface area contributed by atoms with E-state index in [1.807, 2.05) is 0 Å². The van der Waals surface area contributed by atoms with Gasteiger partial charge in [-0.15, -0.1) is 0 Å². The van der Waals surface area contributed by atoms with Crippen LogP contribution in [0.3, 0.4) is 0 Å². The highest BCUT2D eigenvalue weighted by atomic mass is 14.5. The molecule has 0 heterocycles. The van der Waals surface area contributed by atoms with Gasteiger partial charge in [0.25, 0.3) is 0 Å². The van der Waals surface area contributed by atoms with Crippen LogP contribution in [0.5, 0.6) is 0 Å². The van der Waals surface area contributed by atoms with E-state index in [9.17, 15) is 0 Å². The molecule has 5 fully saturated rings. The minimum absolute atomic E-state index is 1.01. The molecule has 5 rings (SSSR count). The lowest BCUT2D eigenvalue weighted by molar-refractivity contribution is -0.0197. The van der Waals surface area contributed by atoms with E-state index in [2.05, 4.69) is 34.6 Å². The maximum atomic E-state index is 2.62. The van der Waals surface area contributed by atoms with Crippen LogP contribution in [0.25, 0.3) is 0 Å². The molecule has 5 saturated carbocycles. The van der Waals surface area contributed by atoms with Crippen molar-refractivity contribution < 1.29 is 0 Å². The monoisotopic (exact) mass is 499 g/mol. The highest BCUT2D eigenvalue weighted by Crippen LogP contribution is 2.57. The number of rotatable bonds is 7. The Labute approximate surface area is 227 Å². The first-order valence-electron chi connectivity index (χ1n) is 17.5. The number of hydrogen-bond acceptors (Lipinski definition) is 0. The minimum atomic E-state index is 1.01. The van der Waals surface area contributed by atoms with Crippen LogP contribution >= 0.6 is 0 Å². The molecule has 0 aromatic heterocycles. The van der Waals surface area contributed by atoms with Crippen LogP contribution in [0.1, 0.15) is 163 Å². The van der Waals surface area contributed by atoms with Gasteiger partial charge in [-0.2, -0.15) is 0 Å². The van der Waals surface area contributed by atoms with Crippen molar-refractivity contribution in [2.24, 2.45) is 65.1 Å². The summed E-state index contributed by atoms with van der Waals surface area (Å²) < 4.78 is 0. The van der Waals surface area contributed by atoms with Crippen LogP contribution in [0.15, 0.2) is 0 Å². The van der Waals surface area contributed by atoms with Crippen LogP contribution in [0.4, 0.5) is 0 Å². The standard InChI is InChI=1S/C22H40.C14H26/c1-4-6-12-19-16(3)15-18-11-9-14-21(18)22(19)20-13-8-7-10-17(20)5-2;1-3-12-5-4-6-13(10-12)14-8-7-11(2)9-14/h16-22H,4-15H2,1-3H3;11-14H,3-10H2,1-2H3. The maximum absolute atomic E-state index is 2.62. The summed E-state index contributed by atoms with van der Waals surface area (Å²) in [6, 6.07) is 0. The Hall–Kier alpha value is 0. The summed E-state index contributed by atoms with van der Waals surface area (Å²) in [5.74, 6) is 11.9. The van der Waals surface area contributed by atoms with Gasteiger partial charge in [-0.25, -0.2) is 0 Å². The molecule has 5 aliphatic rings. The highest BCUT2D eigenvalue weighted by molar-refractivity contribution is 4.98. The third-order valence-corrected chi connectivity index (χ3v) is 12.8. The summed E-state index contributed by atoms with van der Waals surface area (Å²) in [6.45, 7) is 12.3. The molecule has 0 nitrogen and oxygen atoms in total. The summed E-state index contributed by atoms with van der Waals surface area (Å²) in [5.41, 5.74) is 0. The third-order valence-electron chi connectivity index (χ3n) is 12.8. The fourth-order valence-electron chi connectivity index (χ4n) is 10.8. The van der Waals surface area contributed by atoms with Crippen molar-refractivity contribution in [3.8, 4) is 0 Å². The molecule has 0 aliphatic heterocycles. The van der Waals surface area contributed by atoms with E-state index in [1.165, 1.54) is 57.8 Å². The lowest BCUT2D eigenvalue weighted by Gasteiger charge is -2.51. The number of unbranched alkanes of at least 4 members (excludes halogenated alkanes) is 1. The van der Waals surface area contributed by atoms with Gasteiger partial charge < -0.3 is 0 Å². The predicted octanol–water partition coefficient (Wildman–Crippen LogP) is 11.7. The van der Waals surface area contributed by atoms with Crippen LogP contribution in [-0.2, 0) is 0 Å². The maximum Gasteiger partial charge on any atom is -0.0321 e. The van der Waals surface area contributed by atoms with Crippen molar-refractivity contribution in [3.63, 3.8) is 0 Å². The molecule has 0 saturated heterocycles. The molecule has 0 heteroatoms. The van der Waals surface area contributed by atoms with Crippen LogP contribution in [-0.4, -0.2) is 0 Å². The first-order valence-corrected chi connectivity index (χ1v) is 17.5. The first-order chi connectivity index (χ1) is 17.5. The average molecular weight is 499 g/mol. The van der Waals surface area contributed by atoms with Gasteiger partial charge in [-0.3, -0.25) is 0 Å². The van der Waals surface area contributed by atoms with Crippen molar-refractivity contribution in [2.75, 3.05) is 0 Å². The molecule has 0 aromatic rings. The molecule has 210 valence electrons. The molecular weight excluding hydrogens is 432 g/mol. The molecule has 36 heavy (non-hydrogen) atoms. The van der Waals surface area contributed by atoms with E-state index < -0.39 is 0 Å². The van der Waals surface area contributed by atoms with E-state index in [-0.39, 0.29) is 0 Å². The van der Waals surface area contributed by atoms with E-state index in [4.69, 9.17) is 0 Å². The molecule has 0 radical (unpaired) electrons. The van der Waals surface area contributed by atoms with E-state index in [1.54, 1.807) is 70.6 Å². The largest absolute Gasteiger partial charge is 0.0654 e. The second kappa shape index (κ2) is 14.4. The van der Waals surface area contributed by atoms with E-state index in [0.717, 1.165) is 65.1 Å². The van der Waals surface area contributed by atoms with Gasteiger partial charge in [0.15, 0.2) is 0 Å². The van der Waals surface area contributed by atoms with Gasteiger partial charge in [0.05, 0.1) is 0 Å². The Kier molecular flexibility index (Phi) is 11.6. The van der Waals surface area contributed by atoms with Crippen molar-refractivity contribution in [1.29, 1.82) is 0 Å².